The molecule has 0 bridgehead atoms. The first-order chi connectivity index (χ1) is 17.3. The Balaban J connectivity index is 0.000000638. The Bertz CT molecular complexity index is 1170. The maximum absolute atomic E-state index is 14.3. The average molecular weight is 560 g/mol. The standard InChI is InChI=1S/C20H19F5N2O4.C2HF3O2/c1-10-14(12-4-5-13(21)15(22)16(12)30-3)17(31-19(10,2)20(23,24)25)18(28)26-11-6-8-27(29)9-7-11;3-2(4,5)1(6)7/h4-10,14,17H,1-3H3,(H,26,28);(H,6,7)/t10-,14-,17+,19+;/m0./s1. The van der Waals surface area contributed by atoms with Crippen LogP contribution < -0.4 is 14.8 Å². The Labute approximate surface area is 209 Å². The average Bonchev–Trinajstić information content (AvgIpc) is 3.09. The van der Waals surface area contributed by atoms with E-state index in [1.165, 1.54) is 19.1 Å². The molecule has 0 spiro atoms. The van der Waals surface area contributed by atoms with Crippen molar-refractivity contribution in [3.8, 4) is 5.75 Å². The molecule has 1 aliphatic heterocycles. The molecule has 0 radical (unpaired) electrons. The van der Waals surface area contributed by atoms with Gasteiger partial charge in [0.15, 0.2) is 29.6 Å². The van der Waals surface area contributed by atoms with Crippen molar-refractivity contribution in [2.75, 3.05) is 12.4 Å². The normalized spacial score (nSPS) is 23.3. The van der Waals surface area contributed by atoms with Crippen LogP contribution >= 0.6 is 0 Å². The molecule has 2 N–H and O–H groups in total. The molecular weight excluding hydrogens is 540 g/mol. The minimum absolute atomic E-state index is 0.132. The van der Waals surface area contributed by atoms with Crippen LogP contribution in [0.1, 0.15) is 25.3 Å². The lowest BCUT2D eigenvalue weighted by Crippen LogP contribution is -2.47. The number of nitrogens with one attached hydrogen (secondary N) is 1. The van der Waals surface area contributed by atoms with Crippen LogP contribution in [0.5, 0.6) is 5.75 Å². The number of amides is 1. The molecule has 3 rings (SSSR count). The molecule has 1 aliphatic rings. The number of halogens is 8. The Morgan fingerprint density at radius 2 is 1.63 bits per heavy atom. The summed E-state index contributed by atoms with van der Waals surface area (Å²) in [4.78, 5) is 21.8. The van der Waals surface area contributed by atoms with Gasteiger partial charge in [-0.25, -0.2) is 9.18 Å². The van der Waals surface area contributed by atoms with Gasteiger partial charge in [0.05, 0.1) is 12.8 Å². The second-order valence-corrected chi connectivity index (χ2v) is 8.18. The number of alkyl halides is 6. The van der Waals surface area contributed by atoms with E-state index in [4.69, 9.17) is 19.4 Å². The van der Waals surface area contributed by atoms with Crippen molar-refractivity contribution in [2.45, 2.75) is 43.8 Å². The van der Waals surface area contributed by atoms with E-state index in [2.05, 4.69) is 5.32 Å². The quantitative estimate of drug-likeness (QED) is 0.328. The zero-order valence-corrected chi connectivity index (χ0v) is 19.7. The molecule has 0 saturated carbocycles. The van der Waals surface area contributed by atoms with E-state index in [0.717, 1.165) is 38.6 Å². The zero-order chi connectivity index (χ0) is 29.2. The van der Waals surface area contributed by atoms with Crippen LogP contribution in [0.2, 0.25) is 0 Å². The van der Waals surface area contributed by atoms with Crippen LogP contribution in [0.4, 0.5) is 40.8 Å². The van der Waals surface area contributed by atoms with Gasteiger partial charge in [-0.2, -0.15) is 35.5 Å². The number of anilines is 1. The molecule has 1 saturated heterocycles. The van der Waals surface area contributed by atoms with Gasteiger partial charge in [0, 0.05) is 29.5 Å². The molecule has 8 nitrogen and oxygen atoms in total. The van der Waals surface area contributed by atoms with Crippen molar-refractivity contribution in [1.82, 2.24) is 0 Å². The van der Waals surface area contributed by atoms with Crippen LogP contribution in [0.15, 0.2) is 36.7 Å². The summed E-state index contributed by atoms with van der Waals surface area (Å²) in [7, 11) is 1.04. The van der Waals surface area contributed by atoms with Gasteiger partial charge in [-0.3, -0.25) is 4.79 Å². The summed E-state index contributed by atoms with van der Waals surface area (Å²) in [6, 6.07) is 4.33. The fourth-order valence-corrected chi connectivity index (χ4v) is 3.75. The Hall–Kier alpha value is -3.69. The highest BCUT2D eigenvalue weighted by Crippen LogP contribution is 2.55. The van der Waals surface area contributed by atoms with E-state index < -0.39 is 65.2 Å². The molecule has 0 unspecified atom stereocenters. The van der Waals surface area contributed by atoms with E-state index >= 15 is 0 Å². The third-order valence-electron chi connectivity index (χ3n) is 5.88. The highest BCUT2D eigenvalue weighted by atomic mass is 19.4. The number of benzene rings is 1. The molecular formula is C22H20F8N2O6. The van der Waals surface area contributed by atoms with Crippen LogP contribution in [0.25, 0.3) is 0 Å². The Morgan fingerprint density at radius 1 is 1.11 bits per heavy atom. The van der Waals surface area contributed by atoms with Crippen LogP contribution in [-0.4, -0.2) is 48.2 Å². The van der Waals surface area contributed by atoms with Crippen molar-refractivity contribution < 1.29 is 64.0 Å². The van der Waals surface area contributed by atoms with E-state index in [9.17, 15) is 45.1 Å². The lowest BCUT2D eigenvalue weighted by molar-refractivity contribution is -0.605. The number of nitrogens with zero attached hydrogens (tertiary/aromatic N) is 1. The number of hydrogen-bond donors (Lipinski definition) is 2. The van der Waals surface area contributed by atoms with Gasteiger partial charge in [0.2, 0.25) is 5.82 Å². The zero-order valence-electron chi connectivity index (χ0n) is 19.7. The third-order valence-corrected chi connectivity index (χ3v) is 5.88. The first kappa shape index (κ1) is 30.5. The van der Waals surface area contributed by atoms with Gasteiger partial charge in [-0.1, -0.05) is 13.0 Å². The van der Waals surface area contributed by atoms with Crippen molar-refractivity contribution in [2.24, 2.45) is 5.92 Å². The summed E-state index contributed by atoms with van der Waals surface area (Å²) >= 11 is 0. The number of carbonyl (C=O) groups is 2. The summed E-state index contributed by atoms with van der Waals surface area (Å²) < 4.78 is 112. The fourth-order valence-electron chi connectivity index (χ4n) is 3.75. The number of pyridine rings is 1. The second kappa shape index (κ2) is 11.0. The number of carboxylic acid groups (broad SMARTS) is 1. The van der Waals surface area contributed by atoms with E-state index in [0.29, 0.717) is 4.73 Å². The summed E-state index contributed by atoms with van der Waals surface area (Å²) in [6.07, 6.45) is -9.47. The smallest absolute Gasteiger partial charge is 0.490 e. The number of carboxylic acids is 1. The maximum Gasteiger partial charge on any atom is 0.490 e. The summed E-state index contributed by atoms with van der Waals surface area (Å²) in [5, 5.41) is 20.7. The molecule has 1 aromatic carbocycles. The molecule has 38 heavy (non-hydrogen) atoms. The van der Waals surface area contributed by atoms with E-state index in [1.807, 2.05) is 0 Å². The monoisotopic (exact) mass is 560 g/mol. The minimum Gasteiger partial charge on any atom is -0.619 e. The van der Waals surface area contributed by atoms with Gasteiger partial charge in [0.1, 0.15) is 6.10 Å². The van der Waals surface area contributed by atoms with Gasteiger partial charge in [-0.15, -0.1) is 0 Å². The lowest BCUT2D eigenvalue weighted by Gasteiger charge is -2.32. The van der Waals surface area contributed by atoms with E-state index in [-0.39, 0.29) is 11.3 Å². The largest absolute Gasteiger partial charge is 0.619 e. The van der Waals surface area contributed by atoms with Gasteiger partial charge in [-0.05, 0) is 13.0 Å². The molecule has 0 aliphatic carbocycles. The number of rotatable bonds is 4. The molecule has 210 valence electrons. The predicted molar refractivity (Wildman–Crippen MR) is 112 cm³/mol. The molecule has 2 heterocycles. The molecule has 1 fully saturated rings. The molecule has 2 aromatic rings. The highest BCUT2D eigenvalue weighted by molar-refractivity contribution is 5.95. The molecule has 4 atom stereocenters. The molecule has 1 aromatic heterocycles. The molecule has 16 heteroatoms. The topological polar surface area (TPSA) is 112 Å². The molecule has 1 amide bonds. The first-order valence-electron chi connectivity index (χ1n) is 10.4. The third kappa shape index (κ3) is 6.23. The first-order valence-corrected chi connectivity index (χ1v) is 10.4. The second-order valence-electron chi connectivity index (χ2n) is 8.18. The van der Waals surface area contributed by atoms with Gasteiger partial charge >= 0.3 is 18.3 Å². The van der Waals surface area contributed by atoms with E-state index in [1.54, 1.807) is 0 Å². The Morgan fingerprint density at radius 3 is 2.08 bits per heavy atom. The number of aromatic nitrogens is 1. The van der Waals surface area contributed by atoms with Crippen molar-refractivity contribution in [1.29, 1.82) is 0 Å². The van der Waals surface area contributed by atoms with Gasteiger partial charge in [0.25, 0.3) is 5.91 Å². The van der Waals surface area contributed by atoms with Crippen molar-refractivity contribution in [3.05, 3.63) is 59.1 Å². The summed E-state index contributed by atoms with van der Waals surface area (Å²) in [5.74, 6) is -9.60. The predicted octanol–water partition coefficient (Wildman–Crippen LogP) is 4.32. The van der Waals surface area contributed by atoms with Crippen LogP contribution in [0, 0.1) is 22.8 Å². The van der Waals surface area contributed by atoms with Crippen molar-refractivity contribution in [3.63, 3.8) is 0 Å². The summed E-state index contributed by atoms with van der Waals surface area (Å²) in [6.45, 7) is 2.02. The maximum atomic E-state index is 14.3. The number of methoxy groups -OCH3 is 1. The summed E-state index contributed by atoms with van der Waals surface area (Å²) in [5.41, 5.74) is -2.73. The lowest BCUT2D eigenvalue weighted by atomic mass is 9.77. The SMILES string of the molecule is COc1c([C@H]2[C@H](C(=O)Nc3cc[n+]([O-])cc3)O[C@@](C)(C(F)(F)F)[C@H]2C)ccc(F)c1F.O=C(O)C(F)(F)F. The Kier molecular flexibility index (Phi) is 8.81. The number of carbonyl (C=O) groups excluding carboxylic acids is 1. The number of hydrogen-bond acceptors (Lipinski definition) is 5. The van der Waals surface area contributed by atoms with Crippen molar-refractivity contribution >= 4 is 17.6 Å². The fraction of sp³-hybridized carbons (Fsp3) is 0.409. The number of aliphatic carboxylic acids is 1. The van der Waals surface area contributed by atoms with Gasteiger partial charge < -0.3 is 25.1 Å². The van der Waals surface area contributed by atoms with Crippen LogP contribution in [-0.2, 0) is 14.3 Å². The van der Waals surface area contributed by atoms with Crippen LogP contribution in [0.3, 0.4) is 0 Å². The number of ether oxygens (including phenoxy) is 2. The minimum atomic E-state index is -5.08. The highest BCUT2D eigenvalue weighted by Gasteiger charge is 2.65.